The van der Waals surface area contributed by atoms with Crippen LogP contribution in [0.25, 0.3) is 0 Å². The molecule has 168 valence electrons. The Morgan fingerprint density at radius 3 is 2.55 bits per heavy atom. The van der Waals surface area contributed by atoms with Crippen LogP contribution in [0.3, 0.4) is 0 Å². The highest BCUT2D eigenvalue weighted by atomic mass is 32.2. The molecular formula is C26H25N3O3S. The van der Waals surface area contributed by atoms with Gasteiger partial charge in [-0.1, -0.05) is 85.1 Å². The van der Waals surface area contributed by atoms with Crippen molar-refractivity contribution in [3.63, 3.8) is 0 Å². The summed E-state index contributed by atoms with van der Waals surface area (Å²) < 4.78 is 5.39. The van der Waals surface area contributed by atoms with Gasteiger partial charge in [-0.3, -0.25) is 4.79 Å². The fourth-order valence-corrected chi connectivity index (χ4v) is 4.78. The summed E-state index contributed by atoms with van der Waals surface area (Å²) in [6, 6.07) is 19.1. The Morgan fingerprint density at radius 2 is 1.85 bits per heavy atom. The summed E-state index contributed by atoms with van der Waals surface area (Å²) >= 11 is 1.46. The average Bonchev–Trinajstić information content (AvgIpc) is 3.23. The minimum Gasteiger partial charge on any atom is -0.458 e. The van der Waals surface area contributed by atoms with Gasteiger partial charge in [-0.05, 0) is 23.5 Å². The van der Waals surface area contributed by atoms with Gasteiger partial charge in [0, 0.05) is 12.2 Å². The van der Waals surface area contributed by atoms with E-state index in [-0.39, 0.29) is 18.9 Å². The van der Waals surface area contributed by atoms with Crippen molar-refractivity contribution in [2.75, 3.05) is 6.61 Å². The Morgan fingerprint density at radius 1 is 1.15 bits per heavy atom. The van der Waals surface area contributed by atoms with Crippen LogP contribution in [0.5, 0.6) is 0 Å². The molecule has 2 aromatic rings. The lowest BCUT2D eigenvalue weighted by Gasteiger charge is -2.36. The number of rotatable bonds is 8. The van der Waals surface area contributed by atoms with Crippen molar-refractivity contribution in [3.8, 4) is 0 Å². The molecule has 0 radical (unpaired) electrons. The van der Waals surface area contributed by atoms with Crippen molar-refractivity contribution in [2.24, 2.45) is 4.99 Å². The first-order valence-electron chi connectivity index (χ1n) is 10.7. The second-order valence-electron chi connectivity index (χ2n) is 7.63. The Hall–Kier alpha value is -3.58. The van der Waals surface area contributed by atoms with Crippen molar-refractivity contribution in [1.82, 2.24) is 10.2 Å². The summed E-state index contributed by atoms with van der Waals surface area (Å²) in [4.78, 5) is 32.4. The highest BCUT2D eigenvalue weighted by Gasteiger charge is 2.41. The molecule has 1 atom stereocenters. The third-order valence-electron chi connectivity index (χ3n) is 5.34. The number of hydrogen-bond donors (Lipinski definition) is 1. The molecule has 6 nitrogen and oxygen atoms in total. The number of amidine groups is 1. The zero-order valence-electron chi connectivity index (χ0n) is 18.4. The third-order valence-corrected chi connectivity index (χ3v) is 6.23. The number of hydrogen-bond acceptors (Lipinski definition) is 6. The summed E-state index contributed by atoms with van der Waals surface area (Å²) in [7, 11) is 0. The Labute approximate surface area is 197 Å². The van der Waals surface area contributed by atoms with E-state index in [0.717, 1.165) is 22.0 Å². The van der Waals surface area contributed by atoms with Crippen LogP contribution in [-0.4, -0.2) is 28.6 Å². The fourth-order valence-electron chi connectivity index (χ4n) is 3.82. The van der Waals surface area contributed by atoms with Crippen LogP contribution in [-0.2, 0) is 20.9 Å². The molecule has 0 spiro atoms. The zero-order valence-corrected chi connectivity index (χ0v) is 19.2. The highest BCUT2D eigenvalue weighted by molar-refractivity contribution is 8.16. The number of amides is 1. The first-order valence-corrected chi connectivity index (χ1v) is 11.5. The fraction of sp³-hybridized carbons (Fsp3) is 0.192. The lowest BCUT2D eigenvalue weighted by atomic mass is 9.94. The number of allylic oxidation sites excluding steroid dienone is 1. The summed E-state index contributed by atoms with van der Waals surface area (Å²) in [5, 5.41) is 5.65. The second-order valence-corrected chi connectivity index (χ2v) is 8.47. The number of nitrogens with one attached hydrogen (secondary N) is 1. The van der Waals surface area contributed by atoms with Gasteiger partial charge in [0.25, 0.3) is 0 Å². The van der Waals surface area contributed by atoms with E-state index >= 15 is 0 Å². The van der Waals surface area contributed by atoms with Crippen LogP contribution >= 0.6 is 11.8 Å². The monoisotopic (exact) mass is 459 g/mol. The van der Waals surface area contributed by atoms with Gasteiger partial charge < -0.3 is 15.0 Å². The molecule has 2 heterocycles. The van der Waals surface area contributed by atoms with E-state index in [1.807, 2.05) is 77.9 Å². The molecule has 2 aliphatic heterocycles. The number of fused-ring (bicyclic) bond motifs is 1. The van der Waals surface area contributed by atoms with Crippen molar-refractivity contribution in [2.45, 2.75) is 25.9 Å². The number of nitrogens with zero attached hydrogens (tertiary/aromatic N) is 2. The molecule has 0 unspecified atom stereocenters. The van der Waals surface area contributed by atoms with Crippen LogP contribution in [0.15, 0.2) is 101 Å². The van der Waals surface area contributed by atoms with Gasteiger partial charge in [0.05, 0.1) is 23.7 Å². The Balaban J connectivity index is 1.59. The van der Waals surface area contributed by atoms with Crippen molar-refractivity contribution in [1.29, 1.82) is 0 Å². The van der Waals surface area contributed by atoms with Gasteiger partial charge in [0.2, 0.25) is 5.91 Å². The van der Waals surface area contributed by atoms with Crippen molar-refractivity contribution < 1.29 is 14.3 Å². The Kier molecular flexibility index (Phi) is 7.10. The van der Waals surface area contributed by atoms with Crippen LogP contribution in [0, 0.1) is 0 Å². The molecular weight excluding hydrogens is 434 g/mol. The van der Waals surface area contributed by atoms with E-state index in [1.165, 1.54) is 17.8 Å². The van der Waals surface area contributed by atoms with E-state index in [2.05, 4.69) is 16.9 Å². The highest BCUT2D eigenvalue weighted by Crippen LogP contribution is 2.44. The van der Waals surface area contributed by atoms with E-state index in [0.29, 0.717) is 17.8 Å². The van der Waals surface area contributed by atoms with Crippen molar-refractivity contribution in [3.05, 3.63) is 107 Å². The largest absolute Gasteiger partial charge is 0.458 e. The zero-order chi connectivity index (χ0) is 23.2. The van der Waals surface area contributed by atoms with Gasteiger partial charge >= 0.3 is 5.97 Å². The summed E-state index contributed by atoms with van der Waals surface area (Å²) in [6.45, 7) is 6.02. The van der Waals surface area contributed by atoms with Crippen LogP contribution in [0.4, 0.5) is 0 Å². The van der Waals surface area contributed by atoms with Crippen LogP contribution < -0.4 is 5.32 Å². The molecule has 1 amide bonds. The number of benzene rings is 2. The van der Waals surface area contributed by atoms with Crippen LogP contribution in [0.1, 0.15) is 30.5 Å². The quantitative estimate of drug-likeness (QED) is 0.458. The molecule has 0 fully saturated rings. The van der Waals surface area contributed by atoms with Gasteiger partial charge in [-0.2, -0.15) is 0 Å². The molecule has 0 saturated carbocycles. The molecule has 0 bridgehead atoms. The minimum atomic E-state index is -0.436. The lowest BCUT2D eigenvalue weighted by Crippen LogP contribution is -2.38. The SMILES string of the molecule is C=CCOC(=O)C1=C(C)N=C2SC=C(CC(=O)NCc3ccccc3)N2[C@H]1c1ccccc1. The second kappa shape index (κ2) is 10.4. The average molecular weight is 460 g/mol. The standard InChI is InChI=1S/C26H25N3O3S/c1-3-14-32-25(31)23-18(2)28-26-29(24(23)20-12-8-5-9-13-20)21(17-33-26)15-22(30)27-16-19-10-6-4-7-11-19/h3-13,17,24H,1,14-16H2,2H3,(H,27,30)/t24-/m0/s1. The number of aliphatic imine (C=N–C) groups is 1. The Bertz CT molecular complexity index is 1140. The molecule has 7 heteroatoms. The topological polar surface area (TPSA) is 71.0 Å². The summed E-state index contributed by atoms with van der Waals surface area (Å²) in [5.74, 6) is -0.533. The molecule has 4 rings (SSSR count). The third kappa shape index (κ3) is 5.09. The van der Waals surface area contributed by atoms with E-state index in [1.54, 1.807) is 0 Å². The van der Waals surface area contributed by atoms with E-state index in [4.69, 9.17) is 4.74 Å². The van der Waals surface area contributed by atoms with Gasteiger partial charge in [-0.25, -0.2) is 9.79 Å². The number of carbonyl (C=O) groups excluding carboxylic acids is 2. The van der Waals surface area contributed by atoms with E-state index < -0.39 is 12.0 Å². The number of esters is 1. The number of carbonyl (C=O) groups is 2. The molecule has 2 aliphatic rings. The summed E-state index contributed by atoms with van der Waals surface area (Å²) in [6.07, 6.45) is 1.72. The predicted molar refractivity (Wildman–Crippen MR) is 131 cm³/mol. The lowest BCUT2D eigenvalue weighted by molar-refractivity contribution is -0.138. The van der Waals surface area contributed by atoms with Gasteiger partial charge in [0.1, 0.15) is 6.61 Å². The number of ether oxygens (including phenoxy) is 1. The smallest absolute Gasteiger partial charge is 0.338 e. The molecule has 0 saturated heterocycles. The first kappa shape index (κ1) is 22.6. The predicted octanol–water partition coefficient (Wildman–Crippen LogP) is 4.70. The molecule has 0 aliphatic carbocycles. The molecule has 1 N–H and O–H groups in total. The van der Waals surface area contributed by atoms with Gasteiger partial charge in [0.15, 0.2) is 5.17 Å². The van der Waals surface area contributed by atoms with Crippen molar-refractivity contribution >= 4 is 28.8 Å². The van der Waals surface area contributed by atoms with Gasteiger partial charge in [-0.15, -0.1) is 0 Å². The molecule has 33 heavy (non-hydrogen) atoms. The minimum absolute atomic E-state index is 0.0965. The first-order chi connectivity index (χ1) is 16.1. The number of thioether (sulfide) groups is 1. The summed E-state index contributed by atoms with van der Waals surface area (Å²) in [5.41, 5.74) is 3.83. The molecule has 2 aromatic carbocycles. The maximum Gasteiger partial charge on any atom is 0.338 e. The van der Waals surface area contributed by atoms with Crippen LogP contribution in [0.2, 0.25) is 0 Å². The maximum absolute atomic E-state index is 13.0. The maximum atomic E-state index is 13.0. The normalized spacial score (nSPS) is 17.1. The van der Waals surface area contributed by atoms with E-state index in [9.17, 15) is 9.59 Å². The molecule has 0 aromatic heterocycles.